The molecular weight excluding hydrogens is 268 g/mol. The summed E-state index contributed by atoms with van der Waals surface area (Å²) in [5.41, 5.74) is 2.43. The normalized spacial score (nSPS) is 13.2. The number of thiocarbonyl (C=S) groups is 1. The molecule has 0 aromatic heterocycles. The molecule has 0 aliphatic carbocycles. The number of hydrogen-bond acceptors (Lipinski definition) is 2. The topological polar surface area (TPSA) is 32.3 Å². The molecule has 0 unspecified atom stereocenters. The van der Waals surface area contributed by atoms with Gasteiger partial charge >= 0.3 is 0 Å². The molecule has 1 aromatic carbocycles. The van der Waals surface area contributed by atoms with E-state index in [4.69, 9.17) is 12.2 Å². The summed E-state index contributed by atoms with van der Waals surface area (Å²) in [5.74, 6) is 0.0375. The highest BCUT2D eigenvalue weighted by Gasteiger charge is 2.22. The van der Waals surface area contributed by atoms with Gasteiger partial charge in [0.1, 0.15) is 0 Å². The average molecular weight is 290 g/mol. The van der Waals surface area contributed by atoms with Crippen molar-refractivity contribution in [3.8, 4) is 0 Å². The molecule has 1 heterocycles. The summed E-state index contributed by atoms with van der Waals surface area (Å²) in [6.07, 6.45) is 5.99. The van der Waals surface area contributed by atoms with Gasteiger partial charge in [-0.3, -0.25) is 4.79 Å². The Labute approximate surface area is 126 Å². The van der Waals surface area contributed by atoms with E-state index in [-0.39, 0.29) is 5.91 Å². The molecule has 20 heavy (non-hydrogen) atoms. The fraction of sp³-hybridized carbons (Fsp3) is 0.500. The maximum atomic E-state index is 11.9. The first-order chi connectivity index (χ1) is 9.72. The second-order valence-corrected chi connectivity index (χ2v) is 5.58. The van der Waals surface area contributed by atoms with Crippen LogP contribution in [0, 0.1) is 0 Å². The molecule has 0 radical (unpaired) electrons. The van der Waals surface area contributed by atoms with Crippen molar-refractivity contribution in [3.05, 3.63) is 29.8 Å². The summed E-state index contributed by atoms with van der Waals surface area (Å²) in [6.45, 7) is 3.02. The highest BCUT2D eigenvalue weighted by molar-refractivity contribution is 7.80. The van der Waals surface area contributed by atoms with Crippen molar-refractivity contribution in [1.82, 2.24) is 5.32 Å². The highest BCUT2D eigenvalue weighted by Crippen LogP contribution is 2.27. The SMILES string of the molecule is CCCCCCC(=O)NC(=S)N1CCc2ccccc21. The Morgan fingerprint density at radius 1 is 1.30 bits per heavy atom. The average Bonchev–Trinajstić information content (AvgIpc) is 2.87. The number of carbonyl (C=O) groups is 1. The molecule has 0 bridgehead atoms. The molecule has 4 heteroatoms. The van der Waals surface area contributed by atoms with Gasteiger partial charge in [0.15, 0.2) is 5.11 Å². The molecule has 1 aliphatic heterocycles. The standard InChI is InChI=1S/C16H22N2OS/c1-2-3-4-5-10-15(19)17-16(20)18-12-11-13-8-6-7-9-14(13)18/h6-9H,2-5,10-12H2,1H3,(H,17,19,20). The van der Waals surface area contributed by atoms with Crippen molar-refractivity contribution in [2.75, 3.05) is 11.4 Å². The quantitative estimate of drug-likeness (QED) is 0.666. The molecule has 0 fully saturated rings. The lowest BCUT2D eigenvalue weighted by Gasteiger charge is -2.20. The van der Waals surface area contributed by atoms with Crippen molar-refractivity contribution in [3.63, 3.8) is 0 Å². The van der Waals surface area contributed by atoms with Gasteiger partial charge in [-0.1, -0.05) is 44.4 Å². The van der Waals surface area contributed by atoms with Crippen molar-refractivity contribution in [1.29, 1.82) is 0 Å². The predicted octanol–water partition coefficient (Wildman–Crippen LogP) is 3.42. The van der Waals surface area contributed by atoms with Crippen molar-refractivity contribution < 1.29 is 4.79 Å². The predicted molar refractivity (Wildman–Crippen MR) is 87.0 cm³/mol. The van der Waals surface area contributed by atoms with Gasteiger partial charge in [-0.15, -0.1) is 0 Å². The number of benzene rings is 1. The molecule has 0 spiro atoms. The Kier molecular flexibility index (Phi) is 5.53. The van der Waals surface area contributed by atoms with Crippen LogP contribution in [0.5, 0.6) is 0 Å². The van der Waals surface area contributed by atoms with Crippen LogP contribution in [0.1, 0.15) is 44.6 Å². The van der Waals surface area contributed by atoms with E-state index in [1.807, 2.05) is 17.0 Å². The lowest BCUT2D eigenvalue weighted by molar-refractivity contribution is -0.119. The maximum absolute atomic E-state index is 11.9. The van der Waals surface area contributed by atoms with Crippen LogP contribution in [0.15, 0.2) is 24.3 Å². The molecule has 1 aliphatic rings. The van der Waals surface area contributed by atoms with Gasteiger partial charge in [0.2, 0.25) is 5.91 Å². The van der Waals surface area contributed by atoms with Crippen LogP contribution in [0.2, 0.25) is 0 Å². The fourth-order valence-corrected chi connectivity index (χ4v) is 2.81. The van der Waals surface area contributed by atoms with Gasteiger partial charge in [-0.05, 0) is 36.7 Å². The molecule has 1 amide bonds. The fourth-order valence-electron chi connectivity index (χ4n) is 2.51. The first-order valence-electron chi connectivity index (χ1n) is 7.41. The van der Waals surface area contributed by atoms with Crippen molar-refractivity contribution in [2.45, 2.75) is 45.4 Å². The van der Waals surface area contributed by atoms with Gasteiger partial charge in [0.05, 0.1) is 0 Å². The summed E-state index contributed by atoms with van der Waals surface area (Å²) >= 11 is 5.36. The van der Waals surface area contributed by atoms with Crippen molar-refractivity contribution in [2.24, 2.45) is 0 Å². The second kappa shape index (κ2) is 7.39. The Morgan fingerprint density at radius 2 is 2.10 bits per heavy atom. The number of anilines is 1. The zero-order valence-corrected chi connectivity index (χ0v) is 12.8. The van der Waals surface area contributed by atoms with Crippen LogP contribution >= 0.6 is 12.2 Å². The van der Waals surface area contributed by atoms with Crippen LogP contribution in [-0.2, 0) is 11.2 Å². The molecule has 0 saturated carbocycles. The number of hydrogen-bond donors (Lipinski definition) is 1. The van der Waals surface area contributed by atoms with Gasteiger partial charge in [0, 0.05) is 18.7 Å². The minimum Gasteiger partial charge on any atom is -0.318 e. The van der Waals surface area contributed by atoms with E-state index in [2.05, 4.69) is 24.4 Å². The second-order valence-electron chi connectivity index (χ2n) is 5.19. The number of unbranched alkanes of at least 4 members (excludes halogenated alkanes) is 3. The minimum atomic E-state index is 0.0375. The molecular formula is C16H22N2OS. The lowest BCUT2D eigenvalue weighted by Crippen LogP contribution is -2.41. The number of amides is 1. The Morgan fingerprint density at radius 3 is 2.90 bits per heavy atom. The van der Waals surface area contributed by atoms with E-state index >= 15 is 0 Å². The van der Waals surface area contributed by atoms with E-state index in [1.165, 1.54) is 18.4 Å². The van der Waals surface area contributed by atoms with E-state index in [0.29, 0.717) is 11.5 Å². The molecule has 108 valence electrons. The number of fused-ring (bicyclic) bond motifs is 1. The first-order valence-corrected chi connectivity index (χ1v) is 7.82. The van der Waals surface area contributed by atoms with E-state index in [1.54, 1.807) is 0 Å². The molecule has 0 atom stereocenters. The third-order valence-electron chi connectivity index (χ3n) is 3.64. The van der Waals surface area contributed by atoms with Gasteiger partial charge in [-0.25, -0.2) is 0 Å². The minimum absolute atomic E-state index is 0.0375. The zero-order chi connectivity index (χ0) is 14.4. The smallest absolute Gasteiger partial charge is 0.226 e. The summed E-state index contributed by atoms with van der Waals surface area (Å²) in [4.78, 5) is 13.9. The number of nitrogens with zero attached hydrogens (tertiary/aromatic N) is 1. The highest BCUT2D eigenvalue weighted by atomic mass is 32.1. The monoisotopic (exact) mass is 290 g/mol. The lowest BCUT2D eigenvalue weighted by atomic mass is 10.1. The number of nitrogens with one attached hydrogen (secondary N) is 1. The summed E-state index contributed by atoms with van der Waals surface area (Å²) in [5, 5.41) is 3.40. The first kappa shape index (κ1) is 15.0. The van der Waals surface area contributed by atoms with Crippen LogP contribution < -0.4 is 10.2 Å². The van der Waals surface area contributed by atoms with E-state index in [9.17, 15) is 4.79 Å². The van der Waals surface area contributed by atoms with Crippen molar-refractivity contribution >= 4 is 28.9 Å². The van der Waals surface area contributed by atoms with E-state index < -0.39 is 0 Å². The van der Waals surface area contributed by atoms with Gasteiger partial charge < -0.3 is 10.2 Å². The van der Waals surface area contributed by atoms with Crippen LogP contribution in [-0.4, -0.2) is 17.6 Å². The maximum Gasteiger partial charge on any atom is 0.226 e. The van der Waals surface area contributed by atoms with Crippen LogP contribution in [0.25, 0.3) is 0 Å². The molecule has 2 rings (SSSR count). The summed E-state index contributed by atoms with van der Waals surface area (Å²) < 4.78 is 0. The summed E-state index contributed by atoms with van der Waals surface area (Å²) in [7, 11) is 0. The Balaban J connectivity index is 1.82. The molecule has 1 aromatic rings. The molecule has 0 saturated heterocycles. The van der Waals surface area contributed by atoms with Gasteiger partial charge in [0.25, 0.3) is 0 Å². The number of carbonyl (C=O) groups excluding carboxylic acids is 1. The van der Waals surface area contributed by atoms with E-state index in [0.717, 1.165) is 31.5 Å². The van der Waals surface area contributed by atoms with Crippen LogP contribution in [0.3, 0.4) is 0 Å². The zero-order valence-electron chi connectivity index (χ0n) is 12.0. The summed E-state index contributed by atoms with van der Waals surface area (Å²) in [6, 6.07) is 8.22. The van der Waals surface area contributed by atoms with Crippen LogP contribution in [0.4, 0.5) is 5.69 Å². The number of rotatable bonds is 5. The molecule has 3 nitrogen and oxygen atoms in total. The Hall–Kier alpha value is -1.42. The third-order valence-corrected chi connectivity index (χ3v) is 3.96. The Bertz CT molecular complexity index is 487. The third kappa shape index (κ3) is 3.79. The van der Waals surface area contributed by atoms with Gasteiger partial charge in [-0.2, -0.15) is 0 Å². The number of para-hydroxylation sites is 1. The largest absolute Gasteiger partial charge is 0.318 e. The molecule has 1 N–H and O–H groups in total.